The standard InChI is InChI=1S/Ca.Co.Li.Mg.Mn.Ni. The van der Waals surface area contributed by atoms with E-state index in [9.17, 15) is 0 Å². The van der Waals surface area contributed by atoms with Crippen LogP contribution in [0.15, 0.2) is 0 Å². The van der Waals surface area contributed by atoms with Crippen LogP contribution >= 0.6 is 0 Å². The van der Waals surface area contributed by atoms with Gasteiger partial charge in [0.05, 0.1) is 0 Å². The third-order valence-electron chi connectivity index (χ3n) is 0. The molecule has 0 nitrogen and oxygen atoms in total. The van der Waals surface area contributed by atoms with Gasteiger partial charge in [-0.15, -0.1) is 0 Å². The smallest absolute Gasteiger partial charge is 0 e. The number of rotatable bonds is 0. The van der Waals surface area contributed by atoms with Crippen LogP contribution in [0.2, 0.25) is 0 Å². The molecule has 0 rings (SSSR count). The Morgan fingerprint density at radius 1 is 1.00 bits per heavy atom. The quantitative estimate of drug-likeness (QED) is 0.472. The Balaban J connectivity index is 0. The maximum Gasteiger partial charge on any atom is 0 e. The summed E-state index contributed by atoms with van der Waals surface area (Å²) in [5.74, 6) is 0. The van der Waals surface area contributed by atoms with Gasteiger partial charge in [-0.1, -0.05) is 0 Å². The third kappa shape index (κ3) is 24.2. The Hall–Kier alpha value is 4.14. The summed E-state index contributed by atoms with van der Waals surface area (Å²) in [6.45, 7) is 0. The molecule has 0 aliphatic rings. The second-order valence-electron chi connectivity index (χ2n) is 0. The van der Waals surface area contributed by atoms with Crippen molar-refractivity contribution in [1.82, 2.24) is 0 Å². The predicted octanol–water partition coefficient (Wildman–Crippen LogP) is -1.15. The average Bonchev–Trinajstić information content (AvgIpc) is 0. The summed E-state index contributed by atoms with van der Waals surface area (Å²) in [6.07, 6.45) is 0. The maximum atomic E-state index is 0. The van der Waals surface area contributed by atoms with Crippen LogP contribution in [0.5, 0.6) is 0 Å². The fourth-order valence-corrected chi connectivity index (χ4v) is 0. The molecule has 0 heterocycles. The van der Waals surface area contributed by atoms with Gasteiger partial charge in [-0.25, -0.2) is 0 Å². The minimum absolute atomic E-state index is 0. The van der Waals surface area contributed by atoms with Crippen LogP contribution in [-0.4, -0.2) is 79.7 Å². The van der Waals surface area contributed by atoms with E-state index in [1.807, 2.05) is 0 Å². The van der Waals surface area contributed by atoms with E-state index in [0.717, 1.165) is 0 Å². The molecule has 0 aromatic heterocycles. The van der Waals surface area contributed by atoms with Crippen molar-refractivity contribution >= 4 is 79.7 Å². The van der Waals surface area contributed by atoms with Gasteiger partial charge in [-0.05, 0) is 0 Å². The summed E-state index contributed by atoms with van der Waals surface area (Å²) in [6, 6.07) is 0. The summed E-state index contributed by atoms with van der Waals surface area (Å²) in [5.41, 5.74) is 0. The van der Waals surface area contributed by atoms with Crippen molar-refractivity contribution in [2.24, 2.45) is 0 Å². The number of hydrogen-bond donors (Lipinski definition) is 0. The van der Waals surface area contributed by atoms with Crippen LogP contribution in [0.1, 0.15) is 0 Å². The van der Waals surface area contributed by atoms with Crippen molar-refractivity contribution < 1.29 is 50.3 Å². The molecule has 0 unspecified atom stereocenters. The topological polar surface area (TPSA) is 0 Å². The van der Waals surface area contributed by atoms with Gasteiger partial charge in [0.25, 0.3) is 0 Å². The summed E-state index contributed by atoms with van der Waals surface area (Å²) in [4.78, 5) is 0. The Morgan fingerprint density at radius 2 is 1.00 bits per heavy atom. The van der Waals surface area contributed by atoms with Crippen LogP contribution < -0.4 is 0 Å². The molecule has 0 N–H and O–H groups in total. The molecule has 0 saturated heterocycles. The van der Waals surface area contributed by atoms with Crippen molar-refractivity contribution in [2.45, 2.75) is 0 Å². The second-order valence-corrected chi connectivity index (χ2v) is 0. The largest absolute Gasteiger partial charge is 0 e. The normalized spacial score (nSPS) is 0. The van der Waals surface area contributed by atoms with E-state index in [0.29, 0.717) is 0 Å². The molecule has 0 bridgehead atoms. The Morgan fingerprint density at radius 3 is 1.00 bits per heavy atom. The Bertz CT molecular complexity index is 15.5. The molecular weight excluding hydrogens is 244 g/mol. The predicted molar refractivity (Wildman–Crippen MR) is 17.3 cm³/mol. The van der Waals surface area contributed by atoms with E-state index >= 15 is 0 Å². The Labute approximate surface area is 127 Å². The zero-order valence-corrected chi connectivity index (χ0v) is 10.3. The molecule has 6 heavy (non-hydrogen) atoms. The van der Waals surface area contributed by atoms with Gasteiger partial charge in [0, 0.05) is 130 Å². The molecule has 0 aromatic carbocycles. The van der Waals surface area contributed by atoms with Gasteiger partial charge in [0.15, 0.2) is 0 Å². The molecule has 0 saturated carbocycles. The first kappa shape index (κ1) is 49.4. The van der Waals surface area contributed by atoms with Crippen LogP contribution in [0.3, 0.4) is 0 Å². The third-order valence-corrected chi connectivity index (χ3v) is 0. The number of hydrogen-bond acceptors (Lipinski definition) is 0. The summed E-state index contributed by atoms with van der Waals surface area (Å²) >= 11 is 0. The molecule has 0 aliphatic heterocycles. The monoisotopic (exact) mass is 243 g/mol. The minimum Gasteiger partial charge on any atom is 0 e. The molecule has 0 aliphatic carbocycles. The van der Waals surface area contributed by atoms with Crippen molar-refractivity contribution in [3.05, 3.63) is 0 Å². The molecule has 0 fully saturated rings. The van der Waals surface area contributed by atoms with Gasteiger partial charge in [-0.3, -0.25) is 0 Å². The first-order valence-corrected chi connectivity index (χ1v) is 0. The van der Waals surface area contributed by atoms with Crippen LogP contribution in [0.25, 0.3) is 0 Å². The van der Waals surface area contributed by atoms with E-state index in [1.54, 1.807) is 0 Å². The average molecular weight is 244 g/mol. The molecule has 6 heteroatoms. The minimum atomic E-state index is 0. The van der Waals surface area contributed by atoms with Crippen molar-refractivity contribution in [3.8, 4) is 0 Å². The van der Waals surface area contributed by atoms with Gasteiger partial charge < -0.3 is 0 Å². The van der Waals surface area contributed by atoms with Gasteiger partial charge in [0.1, 0.15) is 0 Å². The van der Waals surface area contributed by atoms with Crippen molar-refractivity contribution in [3.63, 3.8) is 0 Å². The summed E-state index contributed by atoms with van der Waals surface area (Å²) < 4.78 is 0. The second kappa shape index (κ2) is 35.3. The zero-order valence-electron chi connectivity index (χ0n) is 3.44. The van der Waals surface area contributed by atoms with Crippen molar-refractivity contribution in [2.75, 3.05) is 0 Å². The molecular formula is CaCoLiMgMnNi. The van der Waals surface area contributed by atoms with E-state index in [2.05, 4.69) is 0 Å². The van der Waals surface area contributed by atoms with E-state index in [1.165, 1.54) is 0 Å². The van der Waals surface area contributed by atoms with Gasteiger partial charge >= 0.3 is 0 Å². The fraction of sp³-hybridized carbons (Fsp3) is 0. The van der Waals surface area contributed by atoms with Crippen LogP contribution in [0.4, 0.5) is 0 Å². The first-order valence-electron chi connectivity index (χ1n) is 0. The molecule has 0 aromatic rings. The Kier molecular flexibility index (Phi) is 291. The summed E-state index contributed by atoms with van der Waals surface area (Å²) in [7, 11) is 0. The first-order chi connectivity index (χ1) is 0. The van der Waals surface area contributed by atoms with Crippen LogP contribution in [0, 0.1) is 0 Å². The van der Waals surface area contributed by atoms with Crippen LogP contribution in [-0.2, 0) is 50.3 Å². The van der Waals surface area contributed by atoms with Gasteiger partial charge in [0.2, 0.25) is 0 Å². The van der Waals surface area contributed by atoms with E-state index < -0.39 is 0 Å². The molecule has 0 atom stereocenters. The zero-order chi connectivity index (χ0) is 0. The molecule has 7 radical (unpaired) electrons. The van der Waals surface area contributed by atoms with E-state index in [4.69, 9.17) is 0 Å². The molecule has 0 spiro atoms. The SMILES string of the molecule is [Ca].[Co].[Li].[Mg].[Mn].[Ni]. The maximum absolute atomic E-state index is 0. The molecule has 0 amide bonds. The van der Waals surface area contributed by atoms with Crippen molar-refractivity contribution in [1.29, 1.82) is 0 Å². The van der Waals surface area contributed by atoms with Gasteiger partial charge in [-0.2, -0.15) is 0 Å². The summed E-state index contributed by atoms with van der Waals surface area (Å²) in [5, 5.41) is 0. The molecule has 31 valence electrons. The fourth-order valence-electron chi connectivity index (χ4n) is 0. The van der Waals surface area contributed by atoms with E-state index in [-0.39, 0.29) is 130 Å².